The zero-order chi connectivity index (χ0) is 13.7. The van der Waals surface area contributed by atoms with Crippen molar-refractivity contribution in [1.82, 2.24) is 10.6 Å². The molecular formula is C15H22N2O2. The quantitative estimate of drug-likeness (QED) is 0.767. The Morgan fingerprint density at radius 2 is 2.00 bits per heavy atom. The molecule has 0 saturated carbocycles. The lowest BCUT2D eigenvalue weighted by molar-refractivity contribution is -0.125. The first-order valence-electron chi connectivity index (χ1n) is 6.92. The third kappa shape index (κ3) is 4.04. The van der Waals surface area contributed by atoms with Crippen LogP contribution in [0.25, 0.3) is 0 Å². The molecule has 1 aliphatic heterocycles. The Labute approximate surface area is 114 Å². The van der Waals surface area contributed by atoms with Crippen LogP contribution in [-0.2, 0) is 11.3 Å². The van der Waals surface area contributed by atoms with E-state index in [1.165, 1.54) is 0 Å². The lowest BCUT2D eigenvalue weighted by Gasteiger charge is -2.21. The number of hydrogen-bond donors (Lipinski definition) is 3. The highest BCUT2D eigenvalue weighted by atomic mass is 16.3. The van der Waals surface area contributed by atoms with Crippen molar-refractivity contribution in [3.05, 3.63) is 35.4 Å². The number of benzene rings is 1. The summed E-state index contributed by atoms with van der Waals surface area (Å²) in [6.07, 6.45) is 1.40. The lowest BCUT2D eigenvalue weighted by atomic mass is 9.97. The largest absolute Gasteiger partial charge is 0.389 e. The highest BCUT2D eigenvalue weighted by Crippen LogP contribution is 2.14. The molecule has 0 aromatic heterocycles. The van der Waals surface area contributed by atoms with Gasteiger partial charge in [-0.3, -0.25) is 4.79 Å². The van der Waals surface area contributed by atoms with Crippen LogP contribution in [0.4, 0.5) is 0 Å². The highest BCUT2D eigenvalue weighted by molar-refractivity contribution is 5.78. The number of carbonyl (C=O) groups is 1. The monoisotopic (exact) mass is 262 g/mol. The molecule has 1 amide bonds. The van der Waals surface area contributed by atoms with Gasteiger partial charge in [0.15, 0.2) is 0 Å². The Hall–Kier alpha value is -1.39. The molecule has 0 spiro atoms. The summed E-state index contributed by atoms with van der Waals surface area (Å²) in [7, 11) is 0. The molecule has 1 aliphatic rings. The molecule has 0 bridgehead atoms. The summed E-state index contributed by atoms with van der Waals surface area (Å²) in [5.41, 5.74) is 1.96. The summed E-state index contributed by atoms with van der Waals surface area (Å²) < 4.78 is 0. The first-order chi connectivity index (χ1) is 9.16. The van der Waals surface area contributed by atoms with Gasteiger partial charge >= 0.3 is 0 Å². The van der Waals surface area contributed by atoms with E-state index in [2.05, 4.69) is 10.6 Å². The van der Waals surface area contributed by atoms with Crippen molar-refractivity contribution in [2.24, 2.45) is 5.92 Å². The van der Waals surface area contributed by atoms with Gasteiger partial charge in [-0.05, 0) is 44.0 Å². The Morgan fingerprint density at radius 3 is 2.58 bits per heavy atom. The Morgan fingerprint density at radius 1 is 1.37 bits per heavy atom. The number of piperidine rings is 1. The summed E-state index contributed by atoms with van der Waals surface area (Å²) in [4.78, 5) is 12.0. The van der Waals surface area contributed by atoms with Gasteiger partial charge in [-0.15, -0.1) is 0 Å². The van der Waals surface area contributed by atoms with Crippen LogP contribution in [0.3, 0.4) is 0 Å². The van der Waals surface area contributed by atoms with Crippen LogP contribution < -0.4 is 10.6 Å². The molecule has 19 heavy (non-hydrogen) atoms. The number of carbonyl (C=O) groups excluding carboxylic acids is 1. The van der Waals surface area contributed by atoms with E-state index in [0.717, 1.165) is 37.1 Å². The standard InChI is InChI=1S/C15H22N2O2/c1-11(18)13-4-2-12(3-5-13)10-17-15(19)14-6-8-16-9-7-14/h2-5,11,14,16,18H,6-10H2,1H3,(H,17,19). The van der Waals surface area contributed by atoms with Gasteiger partial charge in [-0.25, -0.2) is 0 Å². The second-order valence-corrected chi connectivity index (χ2v) is 5.16. The molecular weight excluding hydrogens is 240 g/mol. The highest BCUT2D eigenvalue weighted by Gasteiger charge is 2.20. The van der Waals surface area contributed by atoms with E-state index in [0.29, 0.717) is 6.54 Å². The molecule has 104 valence electrons. The number of amides is 1. The molecule has 1 unspecified atom stereocenters. The molecule has 1 aromatic carbocycles. The summed E-state index contributed by atoms with van der Waals surface area (Å²) in [5.74, 6) is 0.305. The normalized spacial score (nSPS) is 18.0. The molecule has 4 nitrogen and oxygen atoms in total. The fourth-order valence-electron chi connectivity index (χ4n) is 2.33. The van der Waals surface area contributed by atoms with Crippen molar-refractivity contribution in [3.63, 3.8) is 0 Å². The number of rotatable bonds is 4. The van der Waals surface area contributed by atoms with Crippen LogP contribution in [0.1, 0.15) is 37.0 Å². The summed E-state index contributed by atoms with van der Waals surface area (Å²) in [5, 5.41) is 15.7. The SMILES string of the molecule is CC(O)c1ccc(CNC(=O)C2CCNCC2)cc1. The molecule has 4 heteroatoms. The number of aliphatic hydroxyl groups excluding tert-OH is 1. The van der Waals surface area contributed by atoms with Gasteiger partial charge in [-0.2, -0.15) is 0 Å². The maximum absolute atomic E-state index is 12.0. The zero-order valence-corrected chi connectivity index (χ0v) is 11.4. The van der Waals surface area contributed by atoms with Gasteiger partial charge in [0.05, 0.1) is 6.10 Å². The van der Waals surface area contributed by atoms with E-state index < -0.39 is 6.10 Å². The van der Waals surface area contributed by atoms with Crippen LogP contribution in [0, 0.1) is 5.92 Å². The van der Waals surface area contributed by atoms with Crippen LogP contribution >= 0.6 is 0 Å². The lowest BCUT2D eigenvalue weighted by Crippen LogP contribution is -2.37. The number of aliphatic hydroxyl groups is 1. The maximum atomic E-state index is 12.0. The minimum Gasteiger partial charge on any atom is -0.389 e. The Bertz CT molecular complexity index is 409. The number of hydrogen-bond acceptors (Lipinski definition) is 3. The van der Waals surface area contributed by atoms with E-state index in [-0.39, 0.29) is 11.8 Å². The summed E-state index contributed by atoms with van der Waals surface area (Å²) >= 11 is 0. The predicted octanol–water partition coefficient (Wildman–Crippen LogP) is 1.36. The van der Waals surface area contributed by atoms with Crippen molar-refractivity contribution in [2.75, 3.05) is 13.1 Å². The fourth-order valence-corrected chi connectivity index (χ4v) is 2.33. The first-order valence-corrected chi connectivity index (χ1v) is 6.92. The summed E-state index contributed by atoms with van der Waals surface area (Å²) in [6, 6.07) is 7.70. The van der Waals surface area contributed by atoms with Crippen molar-refractivity contribution in [2.45, 2.75) is 32.4 Å². The molecule has 1 heterocycles. The van der Waals surface area contributed by atoms with Crippen molar-refractivity contribution >= 4 is 5.91 Å². The van der Waals surface area contributed by atoms with E-state index in [1.54, 1.807) is 6.92 Å². The smallest absolute Gasteiger partial charge is 0.223 e. The van der Waals surface area contributed by atoms with Gasteiger partial charge in [-0.1, -0.05) is 24.3 Å². The third-order valence-corrected chi connectivity index (χ3v) is 3.64. The molecule has 0 radical (unpaired) electrons. The van der Waals surface area contributed by atoms with Crippen LogP contribution in [0.5, 0.6) is 0 Å². The van der Waals surface area contributed by atoms with E-state index >= 15 is 0 Å². The minimum atomic E-state index is -0.446. The Balaban J connectivity index is 1.82. The molecule has 1 fully saturated rings. The number of nitrogens with one attached hydrogen (secondary N) is 2. The minimum absolute atomic E-state index is 0.151. The van der Waals surface area contributed by atoms with Crippen molar-refractivity contribution < 1.29 is 9.90 Å². The topological polar surface area (TPSA) is 61.4 Å². The molecule has 2 rings (SSSR count). The average Bonchev–Trinajstić information content (AvgIpc) is 2.46. The second-order valence-electron chi connectivity index (χ2n) is 5.16. The van der Waals surface area contributed by atoms with Crippen molar-refractivity contribution in [1.29, 1.82) is 0 Å². The van der Waals surface area contributed by atoms with Crippen LogP contribution in [0.2, 0.25) is 0 Å². The van der Waals surface area contributed by atoms with E-state index in [9.17, 15) is 9.90 Å². The molecule has 1 saturated heterocycles. The van der Waals surface area contributed by atoms with Gasteiger partial charge in [0.25, 0.3) is 0 Å². The molecule has 1 aromatic rings. The van der Waals surface area contributed by atoms with Crippen LogP contribution in [-0.4, -0.2) is 24.1 Å². The van der Waals surface area contributed by atoms with Gasteiger partial charge in [0.2, 0.25) is 5.91 Å². The predicted molar refractivity (Wildman–Crippen MR) is 74.5 cm³/mol. The first kappa shape index (κ1) is 14.0. The van der Waals surface area contributed by atoms with Crippen molar-refractivity contribution in [3.8, 4) is 0 Å². The van der Waals surface area contributed by atoms with Gasteiger partial charge in [0, 0.05) is 12.5 Å². The second kappa shape index (κ2) is 6.68. The Kier molecular flexibility index (Phi) is 4.93. The molecule has 3 N–H and O–H groups in total. The van der Waals surface area contributed by atoms with E-state index in [4.69, 9.17) is 0 Å². The molecule has 0 aliphatic carbocycles. The average molecular weight is 262 g/mol. The zero-order valence-electron chi connectivity index (χ0n) is 11.4. The third-order valence-electron chi connectivity index (χ3n) is 3.64. The molecule has 1 atom stereocenters. The summed E-state index contributed by atoms with van der Waals surface area (Å²) in [6.45, 7) is 4.17. The van der Waals surface area contributed by atoms with Crippen LogP contribution in [0.15, 0.2) is 24.3 Å². The van der Waals surface area contributed by atoms with E-state index in [1.807, 2.05) is 24.3 Å². The van der Waals surface area contributed by atoms with Gasteiger partial charge < -0.3 is 15.7 Å². The van der Waals surface area contributed by atoms with Gasteiger partial charge in [0.1, 0.15) is 0 Å². The fraction of sp³-hybridized carbons (Fsp3) is 0.533. The maximum Gasteiger partial charge on any atom is 0.223 e.